The molecule has 0 N–H and O–H groups in total. The van der Waals surface area contributed by atoms with Crippen molar-refractivity contribution >= 4 is 12.6 Å². The Morgan fingerprint density at radius 2 is 1.28 bits per heavy atom. The van der Waals surface area contributed by atoms with Gasteiger partial charge >= 0.3 is 0 Å². The van der Waals surface area contributed by atoms with Crippen LogP contribution in [0.4, 0.5) is 0 Å². The number of halogens is 1. The van der Waals surface area contributed by atoms with Crippen LogP contribution in [0.25, 0.3) is 0 Å². The van der Waals surface area contributed by atoms with Gasteiger partial charge in [0.1, 0.15) is 0 Å². The largest absolute Gasteiger partial charge is 1.00 e. The molecule has 18 heavy (non-hydrogen) atoms. The second kappa shape index (κ2) is 7.07. The van der Waals surface area contributed by atoms with Crippen LogP contribution in [0.3, 0.4) is 0 Å². The molecule has 0 fully saturated rings. The Bertz CT molecular complexity index is 451. The molecule has 2 rings (SSSR count). The van der Waals surface area contributed by atoms with E-state index >= 15 is 0 Å². The van der Waals surface area contributed by atoms with Crippen LogP contribution in [0.2, 0.25) is 0 Å². The molecule has 2 heteroatoms. The molecule has 0 bridgehead atoms. The molecule has 0 aliphatic carbocycles. The molecule has 2 aromatic carbocycles. The SMILES string of the molecule is C[P+](C)(CCc1ccccc1)c1ccccc1.[Br-]. The van der Waals surface area contributed by atoms with Crippen molar-refractivity contribution in [2.45, 2.75) is 6.42 Å². The van der Waals surface area contributed by atoms with Gasteiger partial charge in [0.2, 0.25) is 0 Å². The van der Waals surface area contributed by atoms with E-state index in [0.29, 0.717) is 0 Å². The van der Waals surface area contributed by atoms with Crippen molar-refractivity contribution < 1.29 is 17.0 Å². The number of benzene rings is 2. The monoisotopic (exact) mass is 322 g/mol. The van der Waals surface area contributed by atoms with Gasteiger partial charge in [-0.1, -0.05) is 48.5 Å². The van der Waals surface area contributed by atoms with Crippen molar-refractivity contribution in [1.29, 1.82) is 0 Å². The lowest BCUT2D eigenvalue weighted by molar-refractivity contribution is -0.00000357. The van der Waals surface area contributed by atoms with Gasteiger partial charge in [0.15, 0.2) is 0 Å². The van der Waals surface area contributed by atoms with E-state index in [2.05, 4.69) is 74.0 Å². The summed E-state index contributed by atoms with van der Waals surface area (Å²) >= 11 is 0. The maximum absolute atomic E-state index is 2.44. The Hall–Kier alpha value is -0.650. The average molecular weight is 323 g/mol. The lowest BCUT2D eigenvalue weighted by atomic mass is 10.2. The Kier molecular flexibility index (Phi) is 6.05. The highest BCUT2D eigenvalue weighted by molar-refractivity contribution is 7.81. The molecule has 0 aliphatic heterocycles. The second-order valence-corrected chi connectivity index (χ2v) is 9.31. The molecular formula is C16H20BrP. The molecule has 0 nitrogen and oxygen atoms in total. The van der Waals surface area contributed by atoms with Crippen molar-refractivity contribution in [2.24, 2.45) is 0 Å². The summed E-state index contributed by atoms with van der Waals surface area (Å²) in [6.07, 6.45) is 2.48. The fourth-order valence-electron chi connectivity index (χ4n) is 2.01. The molecule has 0 saturated heterocycles. The molecule has 0 aromatic heterocycles. The molecule has 0 spiro atoms. The molecule has 0 amide bonds. The van der Waals surface area contributed by atoms with E-state index in [0.717, 1.165) is 0 Å². The first-order chi connectivity index (χ1) is 8.18. The van der Waals surface area contributed by atoms with Gasteiger partial charge in [0.05, 0.1) is 24.8 Å². The first-order valence-corrected chi connectivity index (χ1v) is 8.98. The van der Waals surface area contributed by atoms with Crippen molar-refractivity contribution in [3.8, 4) is 0 Å². The van der Waals surface area contributed by atoms with Gasteiger partial charge in [0.25, 0.3) is 0 Å². The van der Waals surface area contributed by atoms with Crippen molar-refractivity contribution in [1.82, 2.24) is 0 Å². The summed E-state index contributed by atoms with van der Waals surface area (Å²) < 4.78 is 0. The van der Waals surface area contributed by atoms with E-state index in [1.54, 1.807) is 0 Å². The molecule has 0 aliphatic rings. The van der Waals surface area contributed by atoms with E-state index < -0.39 is 7.26 Å². The zero-order valence-electron chi connectivity index (χ0n) is 11.0. The molecule has 2 aromatic rings. The third-order valence-electron chi connectivity index (χ3n) is 3.26. The second-order valence-electron chi connectivity index (χ2n) is 4.98. The first kappa shape index (κ1) is 15.4. The third kappa shape index (κ3) is 4.23. The fourth-order valence-corrected chi connectivity index (χ4v) is 4.07. The minimum Gasteiger partial charge on any atom is -1.00 e. The average Bonchev–Trinajstić information content (AvgIpc) is 2.39. The van der Waals surface area contributed by atoms with E-state index in [-0.39, 0.29) is 17.0 Å². The molecule has 0 atom stereocenters. The quantitative estimate of drug-likeness (QED) is 0.732. The summed E-state index contributed by atoms with van der Waals surface area (Å²) in [6, 6.07) is 21.8. The van der Waals surface area contributed by atoms with Crippen LogP contribution in [0.15, 0.2) is 60.7 Å². The van der Waals surface area contributed by atoms with E-state index in [9.17, 15) is 0 Å². The van der Waals surface area contributed by atoms with Gasteiger partial charge in [0, 0.05) is 13.7 Å². The highest BCUT2D eigenvalue weighted by Crippen LogP contribution is 2.49. The van der Waals surface area contributed by atoms with Gasteiger partial charge in [-0.15, -0.1) is 0 Å². The normalized spacial score (nSPS) is 10.8. The molecular weight excluding hydrogens is 303 g/mol. The number of rotatable bonds is 4. The Morgan fingerprint density at radius 3 is 1.83 bits per heavy atom. The van der Waals surface area contributed by atoms with Crippen molar-refractivity contribution in [3.63, 3.8) is 0 Å². The Balaban J connectivity index is 0.00000162. The number of aryl methyl sites for hydroxylation is 1. The molecule has 0 heterocycles. The van der Waals surface area contributed by atoms with Gasteiger partial charge in [-0.05, 0) is 17.7 Å². The van der Waals surface area contributed by atoms with Crippen LogP contribution >= 0.6 is 7.26 Å². The third-order valence-corrected chi connectivity index (χ3v) is 6.30. The van der Waals surface area contributed by atoms with E-state index in [1.165, 1.54) is 23.5 Å². The maximum atomic E-state index is 2.44. The lowest BCUT2D eigenvalue weighted by Crippen LogP contribution is -3.00. The summed E-state index contributed by atoms with van der Waals surface area (Å²) in [7, 11) is -0.960. The highest BCUT2D eigenvalue weighted by atomic mass is 79.9. The smallest absolute Gasteiger partial charge is 0.0933 e. The molecule has 0 radical (unpaired) electrons. The Labute approximate surface area is 122 Å². The molecule has 0 unspecified atom stereocenters. The van der Waals surface area contributed by atoms with Gasteiger partial charge in [-0.25, -0.2) is 0 Å². The summed E-state index contributed by atoms with van der Waals surface area (Å²) in [6.45, 7) is 4.87. The minimum absolute atomic E-state index is 0. The van der Waals surface area contributed by atoms with Crippen LogP contribution < -0.4 is 22.3 Å². The number of hydrogen-bond donors (Lipinski definition) is 0. The Morgan fingerprint density at radius 1 is 0.778 bits per heavy atom. The highest BCUT2D eigenvalue weighted by Gasteiger charge is 2.27. The maximum Gasteiger partial charge on any atom is 0.0933 e. The summed E-state index contributed by atoms with van der Waals surface area (Å²) in [4.78, 5) is 0. The van der Waals surface area contributed by atoms with Crippen LogP contribution in [-0.2, 0) is 6.42 Å². The van der Waals surface area contributed by atoms with Gasteiger partial charge < -0.3 is 17.0 Å². The fraction of sp³-hybridized carbons (Fsp3) is 0.250. The zero-order chi connectivity index (χ0) is 12.1. The van der Waals surface area contributed by atoms with Gasteiger partial charge in [-0.2, -0.15) is 0 Å². The predicted molar refractivity (Wildman–Crippen MR) is 79.9 cm³/mol. The van der Waals surface area contributed by atoms with Crippen molar-refractivity contribution in [2.75, 3.05) is 19.5 Å². The standard InChI is InChI=1S/C16H20P.BrH/c1-17(2,16-11-7-4-8-12-16)14-13-15-9-5-3-6-10-15;/h3-12H,13-14H2,1-2H3;1H/q+1;/p-1. The first-order valence-electron chi connectivity index (χ1n) is 6.11. The van der Waals surface area contributed by atoms with Crippen LogP contribution in [0, 0.1) is 0 Å². The predicted octanol–water partition coefficient (Wildman–Crippen LogP) is 0.836. The summed E-state index contributed by atoms with van der Waals surface area (Å²) in [5, 5.41) is 1.54. The summed E-state index contributed by atoms with van der Waals surface area (Å²) in [5.41, 5.74) is 1.46. The van der Waals surface area contributed by atoms with E-state index in [4.69, 9.17) is 0 Å². The van der Waals surface area contributed by atoms with E-state index in [1.807, 2.05) is 0 Å². The van der Waals surface area contributed by atoms with Crippen LogP contribution in [0.5, 0.6) is 0 Å². The van der Waals surface area contributed by atoms with Crippen LogP contribution in [0.1, 0.15) is 5.56 Å². The molecule has 0 saturated carbocycles. The summed E-state index contributed by atoms with van der Waals surface area (Å²) in [5.74, 6) is 0. The van der Waals surface area contributed by atoms with Crippen molar-refractivity contribution in [3.05, 3.63) is 66.2 Å². The minimum atomic E-state index is -0.960. The lowest BCUT2D eigenvalue weighted by Gasteiger charge is -2.17. The zero-order valence-corrected chi connectivity index (χ0v) is 13.5. The topological polar surface area (TPSA) is 0 Å². The molecule has 96 valence electrons. The van der Waals surface area contributed by atoms with Gasteiger partial charge in [-0.3, -0.25) is 0 Å². The number of hydrogen-bond acceptors (Lipinski definition) is 0. The van der Waals surface area contributed by atoms with Crippen LogP contribution in [-0.4, -0.2) is 19.5 Å².